The quantitative estimate of drug-likeness (QED) is 0.632. The molecule has 3 aromatic rings. The Morgan fingerprint density at radius 3 is 1.86 bits per heavy atom. The molecule has 0 bridgehead atoms. The van der Waals surface area contributed by atoms with Gasteiger partial charge in [-0.1, -0.05) is 48.5 Å². The van der Waals surface area contributed by atoms with Gasteiger partial charge in [-0.15, -0.1) is 0 Å². The van der Waals surface area contributed by atoms with Crippen molar-refractivity contribution in [3.05, 3.63) is 90.5 Å². The van der Waals surface area contributed by atoms with Crippen molar-refractivity contribution in [1.82, 2.24) is 0 Å². The summed E-state index contributed by atoms with van der Waals surface area (Å²) in [7, 11) is 0. The second kappa shape index (κ2) is 8.14. The van der Waals surface area contributed by atoms with E-state index in [9.17, 15) is 23.1 Å². The van der Waals surface area contributed by atoms with Crippen LogP contribution >= 0.6 is 0 Å². The number of ether oxygens (including phenoxy) is 1. The third kappa shape index (κ3) is 4.50. The van der Waals surface area contributed by atoms with Gasteiger partial charge in [-0.05, 0) is 42.0 Å². The molecule has 1 unspecified atom stereocenters. The van der Waals surface area contributed by atoms with Gasteiger partial charge in [0.2, 0.25) is 0 Å². The highest BCUT2D eigenvalue weighted by Crippen LogP contribution is 2.34. The minimum atomic E-state index is -4.77. The van der Waals surface area contributed by atoms with E-state index in [2.05, 4.69) is 0 Å². The molecular formula is C21H16F3NO3. The topological polar surface area (TPSA) is 49.8 Å². The van der Waals surface area contributed by atoms with Gasteiger partial charge in [-0.3, -0.25) is 0 Å². The van der Waals surface area contributed by atoms with Crippen molar-refractivity contribution in [2.75, 3.05) is 4.90 Å². The molecule has 0 saturated heterocycles. The fourth-order valence-corrected chi connectivity index (χ4v) is 2.57. The average Bonchev–Trinajstić information content (AvgIpc) is 2.69. The number of hydrogen-bond donors (Lipinski definition) is 1. The molecule has 0 aliphatic carbocycles. The third-order valence-electron chi connectivity index (χ3n) is 3.92. The fraction of sp³-hybridized carbons (Fsp3) is 0.0952. The third-order valence-corrected chi connectivity index (χ3v) is 3.92. The molecule has 3 aromatic carbocycles. The van der Waals surface area contributed by atoms with E-state index in [-0.39, 0.29) is 5.56 Å². The predicted octanol–water partition coefficient (Wildman–Crippen LogP) is 5.62. The average molecular weight is 387 g/mol. The summed E-state index contributed by atoms with van der Waals surface area (Å²) in [6, 6.07) is 21.9. The number of anilines is 2. The Hall–Kier alpha value is -3.32. The summed E-state index contributed by atoms with van der Waals surface area (Å²) in [6.45, 7) is 0. The Bertz CT molecular complexity index is 913. The standard InChI is InChI=1S/C21H16F3NO3/c22-21(23,24)19(26)15-11-13-17(14-12-15)25(16-7-3-1-4-8-16)20(27)28-18-9-5-2-6-10-18/h1-14,19,26H. The van der Waals surface area contributed by atoms with E-state index in [4.69, 9.17) is 4.74 Å². The molecule has 0 saturated carbocycles. The summed E-state index contributed by atoms with van der Waals surface area (Å²) in [4.78, 5) is 14.0. The maximum absolute atomic E-state index is 12.8. The maximum atomic E-state index is 12.8. The Morgan fingerprint density at radius 1 is 0.821 bits per heavy atom. The molecule has 0 aliphatic rings. The number of aliphatic hydroxyl groups excluding tert-OH is 1. The van der Waals surface area contributed by atoms with Crippen molar-refractivity contribution in [1.29, 1.82) is 0 Å². The van der Waals surface area contributed by atoms with Crippen LogP contribution in [0.25, 0.3) is 0 Å². The zero-order valence-electron chi connectivity index (χ0n) is 14.5. The highest BCUT2D eigenvalue weighted by molar-refractivity contribution is 5.97. The Kier molecular flexibility index (Phi) is 5.65. The lowest BCUT2D eigenvalue weighted by Gasteiger charge is -2.23. The van der Waals surface area contributed by atoms with Crippen molar-refractivity contribution in [3.8, 4) is 5.75 Å². The number of benzene rings is 3. The molecule has 3 rings (SSSR count). The van der Waals surface area contributed by atoms with Crippen molar-refractivity contribution < 1.29 is 27.8 Å². The Balaban J connectivity index is 1.92. The van der Waals surface area contributed by atoms with E-state index >= 15 is 0 Å². The number of nitrogens with zero attached hydrogens (tertiary/aromatic N) is 1. The highest BCUT2D eigenvalue weighted by Gasteiger charge is 2.39. The van der Waals surface area contributed by atoms with Gasteiger partial charge in [0.25, 0.3) is 0 Å². The molecule has 28 heavy (non-hydrogen) atoms. The van der Waals surface area contributed by atoms with Crippen LogP contribution in [0.4, 0.5) is 29.3 Å². The van der Waals surface area contributed by atoms with E-state index in [0.717, 1.165) is 12.1 Å². The molecule has 7 heteroatoms. The molecular weight excluding hydrogens is 371 g/mol. The van der Waals surface area contributed by atoms with Crippen LogP contribution in [0, 0.1) is 0 Å². The van der Waals surface area contributed by atoms with E-state index in [1.54, 1.807) is 60.7 Å². The Morgan fingerprint density at radius 2 is 1.32 bits per heavy atom. The van der Waals surface area contributed by atoms with Crippen LogP contribution in [-0.4, -0.2) is 17.4 Å². The maximum Gasteiger partial charge on any atom is 0.424 e. The molecule has 144 valence electrons. The van der Waals surface area contributed by atoms with Gasteiger partial charge in [-0.25, -0.2) is 9.69 Å². The second-order valence-corrected chi connectivity index (χ2v) is 5.89. The van der Waals surface area contributed by atoms with Crippen LogP contribution in [0.2, 0.25) is 0 Å². The number of amides is 1. The van der Waals surface area contributed by atoms with Gasteiger partial charge < -0.3 is 9.84 Å². The first-order valence-electron chi connectivity index (χ1n) is 8.33. The zero-order valence-corrected chi connectivity index (χ0v) is 14.5. The van der Waals surface area contributed by atoms with E-state index < -0.39 is 18.4 Å². The SMILES string of the molecule is O=C(Oc1ccccc1)N(c1ccccc1)c1ccc(C(O)C(F)(F)F)cc1. The van der Waals surface area contributed by atoms with Crippen LogP contribution in [0.15, 0.2) is 84.9 Å². The first-order valence-corrected chi connectivity index (χ1v) is 8.33. The van der Waals surface area contributed by atoms with Crippen LogP contribution in [0.3, 0.4) is 0 Å². The van der Waals surface area contributed by atoms with Gasteiger partial charge in [0, 0.05) is 0 Å². The van der Waals surface area contributed by atoms with Gasteiger partial charge >= 0.3 is 12.3 Å². The van der Waals surface area contributed by atoms with Crippen molar-refractivity contribution in [2.24, 2.45) is 0 Å². The fourth-order valence-electron chi connectivity index (χ4n) is 2.57. The first kappa shape index (κ1) is 19.4. The largest absolute Gasteiger partial charge is 0.424 e. The molecule has 0 aromatic heterocycles. The van der Waals surface area contributed by atoms with Crippen molar-refractivity contribution in [2.45, 2.75) is 12.3 Å². The van der Waals surface area contributed by atoms with E-state index in [1.165, 1.54) is 17.0 Å². The van der Waals surface area contributed by atoms with Gasteiger partial charge in [0.15, 0.2) is 6.10 Å². The van der Waals surface area contributed by atoms with E-state index in [1.807, 2.05) is 0 Å². The molecule has 0 radical (unpaired) electrons. The number of halogens is 3. The van der Waals surface area contributed by atoms with Crippen LogP contribution in [0.1, 0.15) is 11.7 Å². The lowest BCUT2D eigenvalue weighted by atomic mass is 10.1. The lowest BCUT2D eigenvalue weighted by Crippen LogP contribution is -2.29. The molecule has 0 aliphatic heterocycles. The van der Waals surface area contributed by atoms with E-state index in [0.29, 0.717) is 17.1 Å². The van der Waals surface area contributed by atoms with Crippen LogP contribution in [-0.2, 0) is 0 Å². The number of hydrogen-bond acceptors (Lipinski definition) is 3. The molecule has 0 heterocycles. The number of alkyl halides is 3. The monoisotopic (exact) mass is 387 g/mol. The summed E-state index contributed by atoms with van der Waals surface area (Å²) >= 11 is 0. The van der Waals surface area contributed by atoms with Gasteiger partial charge in [-0.2, -0.15) is 13.2 Å². The normalized spacial score (nSPS) is 12.3. The van der Waals surface area contributed by atoms with Crippen LogP contribution in [0.5, 0.6) is 5.75 Å². The lowest BCUT2D eigenvalue weighted by molar-refractivity contribution is -0.206. The van der Waals surface area contributed by atoms with Crippen LogP contribution < -0.4 is 9.64 Å². The number of rotatable bonds is 4. The smallest absolute Gasteiger partial charge is 0.410 e. The number of carbonyl (C=O) groups is 1. The van der Waals surface area contributed by atoms with Crippen molar-refractivity contribution in [3.63, 3.8) is 0 Å². The predicted molar refractivity (Wildman–Crippen MR) is 98.5 cm³/mol. The molecule has 1 N–H and O–H groups in total. The van der Waals surface area contributed by atoms with Gasteiger partial charge in [0.1, 0.15) is 5.75 Å². The zero-order chi connectivity index (χ0) is 20.1. The molecule has 1 atom stereocenters. The molecule has 1 amide bonds. The summed E-state index contributed by atoms with van der Waals surface area (Å²) in [5.41, 5.74) is 0.457. The molecule has 0 spiro atoms. The molecule has 4 nitrogen and oxygen atoms in total. The van der Waals surface area contributed by atoms with Crippen molar-refractivity contribution >= 4 is 17.5 Å². The number of para-hydroxylation sites is 2. The highest BCUT2D eigenvalue weighted by atomic mass is 19.4. The summed E-state index contributed by atoms with van der Waals surface area (Å²) in [6.07, 6.45) is -8.09. The molecule has 0 fully saturated rings. The van der Waals surface area contributed by atoms with Gasteiger partial charge in [0.05, 0.1) is 11.4 Å². The minimum absolute atomic E-state index is 0.297. The first-order chi connectivity index (χ1) is 13.4. The summed E-state index contributed by atoms with van der Waals surface area (Å²) in [5.74, 6) is 0.331. The Labute approximate surface area is 159 Å². The summed E-state index contributed by atoms with van der Waals surface area (Å²) < 4.78 is 43.5. The summed E-state index contributed by atoms with van der Waals surface area (Å²) in [5, 5.41) is 9.38. The minimum Gasteiger partial charge on any atom is -0.410 e. The second-order valence-electron chi connectivity index (χ2n) is 5.89. The number of aliphatic hydroxyl groups is 1. The number of carbonyl (C=O) groups excluding carboxylic acids is 1.